The average molecular weight is 406 g/mol. The molecule has 6 nitrogen and oxygen atoms in total. The lowest BCUT2D eigenvalue weighted by atomic mass is 10.2. The van der Waals surface area contributed by atoms with Crippen molar-refractivity contribution in [2.75, 3.05) is 36.5 Å². The summed E-state index contributed by atoms with van der Waals surface area (Å²) in [5.74, 6) is 0.538. The lowest BCUT2D eigenvalue weighted by Gasteiger charge is -2.28. The van der Waals surface area contributed by atoms with Crippen LogP contribution in [-0.2, 0) is 4.74 Å². The summed E-state index contributed by atoms with van der Waals surface area (Å²) in [6, 6.07) is 20.1. The molecule has 0 radical (unpaired) electrons. The Morgan fingerprint density at radius 1 is 0.966 bits per heavy atom. The molecule has 1 saturated heterocycles. The Labute approximate surface area is 173 Å². The maximum atomic E-state index is 6.16. The number of ether oxygens (including phenoxy) is 1. The Bertz CT molecular complexity index is 1140. The molecule has 0 bridgehead atoms. The Balaban J connectivity index is 1.40. The zero-order chi connectivity index (χ0) is 19.6. The number of hydrogen-bond donors (Lipinski definition) is 1. The predicted octanol–water partition coefficient (Wildman–Crippen LogP) is 4.63. The molecule has 1 N–H and O–H groups in total. The van der Waals surface area contributed by atoms with Crippen molar-refractivity contribution >= 4 is 34.4 Å². The lowest BCUT2D eigenvalue weighted by Crippen LogP contribution is -2.36. The quantitative estimate of drug-likeness (QED) is 0.536. The summed E-state index contributed by atoms with van der Waals surface area (Å²) >= 11 is 6.16. The van der Waals surface area contributed by atoms with Crippen molar-refractivity contribution in [2.24, 2.45) is 0 Å². The maximum absolute atomic E-state index is 6.16. The number of nitrogens with one attached hydrogen (secondary N) is 1. The highest BCUT2D eigenvalue weighted by molar-refractivity contribution is 6.30. The number of hydrogen-bond acceptors (Lipinski definition) is 5. The van der Waals surface area contributed by atoms with E-state index >= 15 is 0 Å². The van der Waals surface area contributed by atoms with Crippen LogP contribution in [0.15, 0.2) is 66.9 Å². The van der Waals surface area contributed by atoms with Gasteiger partial charge in [-0.3, -0.25) is 0 Å². The second-order valence-electron chi connectivity index (χ2n) is 6.92. The summed E-state index contributed by atoms with van der Waals surface area (Å²) in [4.78, 5) is 6.77. The monoisotopic (exact) mass is 405 g/mol. The Morgan fingerprint density at radius 3 is 2.59 bits per heavy atom. The topological polar surface area (TPSA) is 54.7 Å². The maximum Gasteiger partial charge on any atom is 0.245 e. The third-order valence-corrected chi connectivity index (χ3v) is 5.25. The van der Waals surface area contributed by atoms with Crippen LogP contribution in [0.3, 0.4) is 0 Å². The Morgan fingerprint density at radius 2 is 1.79 bits per heavy atom. The van der Waals surface area contributed by atoms with Crippen LogP contribution in [0.25, 0.3) is 16.8 Å². The summed E-state index contributed by atoms with van der Waals surface area (Å²) in [6.45, 7) is 3.40. The molecule has 2 aromatic heterocycles. The minimum Gasteiger partial charge on any atom is -0.378 e. The molecule has 2 aromatic carbocycles. The van der Waals surface area contributed by atoms with E-state index < -0.39 is 0 Å². The van der Waals surface area contributed by atoms with Crippen LogP contribution in [0, 0.1) is 0 Å². The normalized spacial score (nSPS) is 14.3. The molecule has 0 aliphatic carbocycles. The van der Waals surface area contributed by atoms with Crippen molar-refractivity contribution < 1.29 is 4.74 Å². The number of rotatable bonds is 4. The van der Waals surface area contributed by atoms with Crippen molar-refractivity contribution in [3.63, 3.8) is 0 Å². The van der Waals surface area contributed by atoms with Gasteiger partial charge in [0.15, 0.2) is 0 Å². The van der Waals surface area contributed by atoms with Crippen LogP contribution in [0.2, 0.25) is 5.02 Å². The molecule has 1 aliphatic heterocycles. The Hall–Kier alpha value is -3.09. The van der Waals surface area contributed by atoms with Gasteiger partial charge >= 0.3 is 0 Å². The van der Waals surface area contributed by atoms with E-state index in [1.807, 2.05) is 59.2 Å². The second-order valence-corrected chi connectivity index (χ2v) is 7.36. The Kier molecular flexibility index (Phi) is 4.79. The molecule has 3 heterocycles. The van der Waals surface area contributed by atoms with Gasteiger partial charge in [0.1, 0.15) is 0 Å². The van der Waals surface area contributed by atoms with Crippen LogP contribution in [0.1, 0.15) is 0 Å². The summed E-state index contributed by atoms with van der Waals surface area (Å²) in [6.07, 6.45) is 1.81. The van der Waals surface area contributed by atoms with Gasteiger partial charge in [0.25, 0.3) is 0 Å². The highest BCUT2D eigenvalue weighted by atomic mass is 35.5. The molecule has 29 heavy (non-hydrogen) atoms. The largest absolute Gasteiger partial charge is 0.378 e. The van der Waals surface area contributed by atoms with Crippen LogP contribution in [0.4, 0.5) is 17.3 Å². The molecule has 0 saturated carbocycles. The zero-order valence-corrected chi connectivity index (χ0v) is 16.5. The van der Waals surface area contributed by atoms with Gasteiger partial charge in [-0.1, -0.05) is 23.7 Å². The van der Waals surface area contributed by atoms with Crippen molar-refractivity contribution in [1.29, 1.82) is 0 Å². The van der Waals surface area contributed by atoms with Crippen molar-refractivity contribution in [2.45, 2.75) is 0 Å². The van der Waals surface area contributed by atoms with Gasteiger partial charge < -0.3 is 15.0 Å². The standard InChI is InChI=1S/C22H20ClN5O/c23-17-3-1-2-16(14-17)21-9-8-20-15-24-22(26-28(20)21)25-18-4-6-19(7-5-18)27-10-12-29-13-11-27/h1-9,14-15H,10-13H2,(H,25,26). The van der Waals surface area contributed by atoms with Gasteiger partial charge in [0, 0.05) is 35.1 Å². The fraction of sp³-hybridized carbons (Fsp3) is 0.182. The molecule has 5 rings (SSSR count). The number of anilines is 3. The molecule has 0 atom stereocenters. The van der Waals surface area contributed by atoms with E-state index in [1.54, 1.807) is 0 Å². The van der Waals surface area contributed by atoms with Gasteiger partial charge in [-0.05, 0) is 48.5 Å². The molecular formula is C22H20ClN5O. The molecule has 0 unspecified atom stereocenters. The summed E-state index contributed by atoms with van der Waals surface area (Å²) in [5.41, 5.74) is 5.04. The van der Waals surface area contributed by atoms with Crippen molar-refractivity contribution in [3.8, 4) is 11.3 Å². The van der Waals surface area contributed by atoms with Crippen molar-refractivity contribution in [3.05, 3.63) is 71.9 Å². The first-order valence-electron chi connectivity index (χ1n) is 9.57. The highest BCUT2D eigenvalue weighted by Crippen LogP contribution is 2.25. The zero-order valence-electron chi connectivity index (χ0n) is 15.8. The second kappa shape index (κ2) is 7.73. The number of halogens is 1. The summed E-state index contributed by atoms with van der Waals surface area (Å²) < 4.78 is 7.30. The third-order valence-electron chi connectivity index (χ3n) is 5.02. The molecule has 1 aliphatic rings. The number of morpholine rings is 1. The SMILES string of the molecule is Clc1cccc(-c2ccc3cnc(Nc4ccc(N5CCOCC5)cc4)nn23)c1. The lowest BCUT2D eigenvalue weighted by molar-refractivity contribution is 0.122. The molecule has 146 valence electrons. The molecule has 1 fully saturated rings. The molecular weight excluding hydrogens is 386 g/mol. The number of fused-ring (bicyclic) bond motifs is 1. The van der Waals surface area contributed by atoms with Crippen LogP contribution >= 0.6 is 11.6 Å². The van der Waals surface area contributed by atoms with Crippen molar-refractivity contribution in [1.82, 2.24) is 14.6 Å². The molecule has 0 amide bonds. The third kappa shape index (κ3) is 3.77. The smallest absolute Gasteiger partial charge is 0.245 e. The number of aromatic nitrogens is 3. The van der Waals surface area contributed by atoms with E-state index in [0.29, 0.717) is 11.0 Å². The highest BCUT2D eigenvalue weighted by Gasteiger charge is 2.11. The first kappa shape index (κ1) is 18.0. The van der Waals surface area contributed by atoms with Gasteiger partial charge in [0.05, 0.1) is 30.6 Å². The van der Waals surface area contributed by atoms with Gasteiger partial charge in [-0.15, -0.1) is 5.10 Å². The fourth-order valence-corrected chi connectivity index (χ4v) is 3.72. The van der Waals surface area contributed by atoms with Gasteiger partial charge in [-0.2, -0.15) is 0 Å². The van der Waals surface area contributed by atoms with E-state index in [9.17, 15) is 0 Å². The predicted molar refractivity (Wildman–Crippen MR) is 116 cm³/mol. The van der Waals surface area contributed by atoms with Crippen LogP contribution in [-0.4, -0.2) is 40.9 Å². The van der Waals surface area contributed by atoms with E-state index in [4.69, 9.17) is 16.3 Å². The molecule has 0 spiro atoms. The van der Waals surface area contributed by atoms with E-state index in [0.717, 1.165) is 48.8 Å². The van der Waals surface area contributed by atoms with Gasteiger partial charge in [0.2, 0.25) is 5.95 Å². The number of nitrogens with zero attached hydrogens (tertiary/aromatic N) is 4. The van der Waals surface area contributed by atoms with E-state index in [-0.39, 0.29) is 0 Å². The minimum absolute atomic E-state index is 0.538. The van der Waals surface area contributed by atoms with E-state index in [1.165, 1.54) is 5.69 Å². The molecule has 4 aromatic rings. The van der Waals surface area contributed by atoms with Crippen LogP contribution in [0.5, 0.6) is 0 Å². The molecule has 7 heteroatoms. The fourth-order valence-electron chi connectivity index (χ4n) is 3.53. The average Bonchev–Trinajstić information content (AvgIpc) is 3.18. The van der Waals surface area contributed by atoms with Crippen LogP contribution < -0.4 is 10.2 Å². The number of benzene rings is 2. The van der Waals surface area contributed by atoms with Gasteiger partial charge in [-0.25, -0.2) is 9.50 Å². The summed E-state index contributed by atoms with van der Waals surface area (Å²) in [5, 5.41) is 8.67. The first-order chi connectivity index (χ1) is 14.3. The summed E-state index contributed by atoms with van der Waals surface area (Å²) in [7, 11) is 0. The first-order valence-corrected chi connectivity index (χ1v) is 9.95. The van der Waals surface area contributed by atoms with E-state index in [2.05, 4.69) is 32.4 Å². The minimum atomic E-state index is 0.538.